The largest absolute Gasteiger partial charge is 0.330 e. The molecule has 2 aliphatic carbocycles. The van der Waals surface area contributed by atoms with Crippen molar-refractivity contribution >= 4 is 0 Å². The second-order valence-electron chi connectivity index (χ2n) is 5.65. The molecule has 1 heteroatoms. The van der Waals surface area contributed by atoms with E-state index in [1.165, 1.54) is 32.1 Å². The first kappa shape index (κ1) is 8.55. The van der Waals surface area contributed by atoms with Crippen molar-refractivity contribution in [3.8, 4) is 0 Å². The van der Waals surface area contributed by atoms with Gasteiger partial charge in [-0.15, -0.1) is 0 Å². The highest BCUT2D eigenvalue weighted by Gasteiger charge is 2.50. The number of hydrogen-bond donors (Lipinski definition) is 1. The molecule has 0 spiro atoms. The van der Waals surface area contributed by atoms with Crippen LogP contribution in [0.4, 0.5) is 0 Å². The molecule has 0 bridgehead atoms. The van der Waals surface area contributed by atoms with Crippen LogP contribution in [0.5, 0.6) is 0 Å². The lowest BCUT2D eigenvalue weighted by atomic mass is 9.65. The van der Waals surface area contributed by atoms with Crippen molar-refractivity contribution < 1.29 is 0 Å². The van der Waals surface area contributed by atoms with Gasteiger partial charge in [0.2, 0.25) is 0 Å². The van der Waals surface area contributed by atoms with Crippen LogP contribution in [0.25, 0.3) is 0 Å². The van der Waals surface area contributed by atoms with Gasteiger partial charge in [0.1, 0.15) is 0 Å². The van der Waals surface area contributed by atoms with Crippen LogP contribution in [0.3, 0.4) is 0 Å². The molecule has 2 saturated carbocycles. The quantitative estimate of drug-likeness (QED) is 0.687. The van der Waals surface area contributed by atoms with Crippen LogP contribution >= 0.6 is 0 Å². The summed E-state index contributed by atoms with van der Waals surface area (Å²) in [7, 11) is 0. The zero-order valence-corrected chi connectivity index (χ0v) is 8.40. The molecule has 1 nitrogen and oxygen atoms in total. The van der Waals surface area contributed by atoms with Crippen LogP contribution in [0.2, 0.25) is 0 Å². The molecular formula is C11H21N. The van der Waals surface area contributed by atoms with Crippen LogP contribution in [-0.2, 0) is 0 Å². The normalized spacial score (nSPS) is 35.8. The van der Waals surface area contributed by atoms with Gasteiger partial charge in [0.25, 0.3) is 0 Å². The summed E-state index contributed by atoms with van der Waals surface area (Å²) in [4.78, 5) is 0. The molecule has 2 rings (SSSR count). The van der Waals surface area contributed by atoms with Crippen molar-refractivity contribution in [1.82, 2.24) is 0 Å². The van der Waals surface area contributed by atoms with E-state index < -0.39 is 0 Å². The van der Waals surface area contributed by atoms with Gasteiger partial charge in [0.15, 0.2) is 0 Å². The van der Waals surface area contributed by atoms with Gasteiger partial charge in [-0.1, -0.05) is 20.3 Å². The van der Waals surface area contributed by atoms with Gasteiger partial charge in [0.05, 0.1) is 0 Å². The van der Waals surface area contributed by atoms with Crippen molar-refractivity contribution in [2.75, 3.05) is 6.54 Å². The summed E-state index contributed by atoms with van der Waals surface area (Å²) in [6.07, 6.45) is 7.07. The molecule has 0 aliphatic heterocycles. The molecule has 0 aromatic carbocycles. The van der Waals surface area contributed by atoms with Crippen LogP contribution in [0.1, 0.15) is 46.0 Å². The molecule has 0 radical (unpaired) electrons. The standard InChI is InChI=1S/C11H21N/c1-10(2)6-9(10)7-11(8-12)4-3-5-11/h9H,3-8,12H2,1-2H3. The predicted octanol–water partition coefficient (Wildman–Crippen LogP) is 2.55. The van der Waals surface area contributed by atoms with Crippen LogP contribution < -0.4 is 5.73 Å². The maximum Gasteiger partial charge on any atom is -0.00204 e. The Morgan fingerprint density at radius 2 is 1.92 bits per heavy atom. The Hall–Kier alpha value is -0.0400. The Labute approximate surface area is 75.7 Å². The van der Waals surface area contributed by atoms with Gasteiger partial charge < -0.3 is 5.73 Å². The highest BCUT2D eigenvalue weighted by molar-refractivity contribution is 5.01. The summed E-state index contributed by atoms with van der Waals surface area (Å²) in [5.41, 5.74) is 7.07. The Morgan fingerprint density at radius 1 is 1.33 bits per heavy atom. The number of hydrogen-bond acceptors (Lipinski definition) is 1. The Morgan fingerprint density at radius 3 is 2.17 bits per heavy atom. The lowest BCUT2D eigenvalue weighted by Gasteiger charge is -2.41. The van der Waals surface area contributed by atoms with Gasteiger partial charge in [-0.3, -0.25) is 0 Å². The summed E-state index contributed by atoms with van der Waals surface area (Å²) >= 11 is 0. The summed E-state index contributed by atoms with van der Waals surface area (Å²) in [5.74, 6) is 0.987. The van der Waals surface area contributed by atoms with Crippen LogP contribution in [-0.4, -0.2) is 6.54 Å². The minimum atomic E-state index is 0.582. The third kappa shape index (κ3) is 1.28. The third-order valence-electron chi connectivity index (χ3n) is 4.24. The first-order valence-electron chi connectivity index (χ1n) is 5.28. The molecule has 12 heavy (non-hydrogen) atoms. The maximum atomic E-state index is 5.83. The SMILES string of the molecule is CC1(C)CC1CC1(CN)CCC1. The minimum Gasteiger partial charge on any atom is -0.330 e. The Bertz CT molecular complexity index is 174. The molecule has 1 atom stereocenters. The second-order valence-corrected chi connectivity index (χ2v) is 5.65. The molecule has 2 fully saturated rings. The maximum absolute atomic E-state index is 5.83. The van der Waals surface area contributed by atoms with E-state index in [1.54, 1.807) is 0 Å². The van der Waals surface area contributed by atoms with E-state index >= 15 is 0 Å². The van der Waals surface area contributed by atoms with Crippen molar-refractivity contribution in [2.45, 2.75) is 46.0 Å². The van der Waals surface area contributed by atoms with Gasteiger partial charge >= 0.3 is 0 Å². The van der Waals surface area contributed by atoms with Crippen LogP contribution in [0.15, 0.2) is 0 Å². The molecule has 0 aromatic rings. The van der Waals surface area contributed by atoms with E-state index in [-0.39, 0.29) is 0 Å². The second kappa shape index (κ2) is 2.47. The van der Waals surface area contributed by atoms with E-state index in [2.05, 4.69) is 13.8 Å². The van der Waals surface area contributed by atoms with Crippen molar-refractivity contribution in [1.29, 1.82) is 0 Å². The summed E-state index contributed by atoms with van der Waals surface area (Å²) in [5, 5.41) is 0. The van der Waals surface area contributed by atoms with E-state index in [0.29, 0.717) is 10.8 Å². The Kier molecular flexibility index (Phi) is 1.76. The smallest absolute Gasteiger partial charge is 0.00204 e. The molecule has 1 unspecified atom stereocenters. The topological polar surface area (TPSA) is 26.0 Å². The highest BCUT2D eigenvalue weighted by Crippen LogP contribution is 2.59. The van der Waals surface area contributed by atoms with Gasteiger partial charge in [-0.25, -0.2) is 0 Å². The highest BCUT2D eigenvalue weighted by atomic mass is 14.6. The molecule has 2 N–H and O–H groups in total. The molecular weight excluding hydrogens is 146 g/mol. The zero-order chi connectivity index (χ0) is 8.82. The van der Waals surface area contributed by atoms with Crippen molar-refractivity contribution in [3.05, 3.63) is 0 Å². The van der Waals surface area contributed by atoms with E-state index in [0.717, 1.165) is 12.5 Å². The van der Waals surface area contributed by atoms with E-state index in [4.69, 9.17) is 5.73 Å². The molecule has 0 amide bonds. The van der Waals surface area contributed by atoms with Crippen LogP contribution in [0, 0.1) is 16.7 Å². The monoisotopic (exact) mass is 167 g/mol. The minimum absolute atomic E-state index is 0.582. The zero-order valence-electron chi connectivity index (χ0n) is 8.40. The average Bonchev–Trinajstić information content (AvgIpc) is 2.50. The molecule has 70 valence electrons. The predicted molar refractivity (Wildman–Crippen MR) is 51.8 cm³/mol. The summed E-state index contributed by atoms with van der Waals surface area (Å²) < 4.78 is 0. The lowest BCUT2D eigenvalue weighted by molar-refractivity contribution is 0.116. The Balaban J connectivity index is 1.86. The molecule has 0 heterocycles. The van der Waals surface area contributed by atoms with Gasteiger partial charge in [-0.2, -0.15) is 0 Å². The lowest BCUT2D eigenvalue weighted by Crippen LogP contribution is -2.37. The fraction of sp³-hybridized carbons (Fsp3) is 1.00. The third-order valence-corrected chi connectivity index (χ3v) is 4.24. The molecule has 0 aromatic heterocycles. The molecule has 0 saturated heterocycles. The summed E-state index contributed by atoms with van der Waals surface area (Å²) in [6, 6.07) is 0. The van der Waals surface area contributed by atoms with E-state index in [1.807, 2.05) is 0 Å². The van der Waals surface area contributed by atoms with Crippen molar-refractivity contribution in [3.63, 3.8) is 0 Å². The first-order chi connectivity index (χ1) is 5.58. The molecule has 2 aliphatic rings. The van der Waals surface area contributed by atoms with Gasteiger partial charge in [-0.05, 0) is 49.0 Å². The van der Waals surface area contributed by atoms with Gasteiger partial charge in [0, 0.05) is 0 Å². The summed E-state index contributed by atoms with van der Waals surface area (Å²) in [6.45, 7) is 5.71. The number of nitrogens with two attached hydrogens (primary N) is 1. The number of rotatable bonds is 3. The fourth-order valence-electron chi connectivity index (χ4n) is 2.62. The van der Waals surface area contributed by atoms with E-state index in [9.17, 15) is 0 Å². The van der Waals surface area contributed by atoms with Crippen molar-refractivity contribution in [2.24, 2.45) is 22.5 Å². The fourth-order valence-corrected chi connectivity index (χ4v) is 2.62. The average molecular weight is 167 g/mol. The first-order valence-corrected chi connectivity index (χ1v) is 5.28.